The number of hydrogen-bond acceptors (Lipinski definition) is 5. The van der Waals surface area contributed by atoms with E-state index in [4.69, 9.17) is 0 Å². The SMILES string of the molecule is CCC1(CC)CN=C(NC2CCCS(=O)(=O)C2)SC1. The second-order valence-electron chi connectivity index (χ2n) is 5.72. The molecule has 0 aromatic rings. The van der Waals surface area contributed by atoms with E-state index < -0.39 is 9.84 Å². The van der Waals surface area contributed by atoms with E-state index in [1.54, 1.807) is 11.8 Å². The monoisotopic (exact) mass is 304 g/mol. The van der Waals surface area contributed by atoms with Gasteiger partial charge in [0, 0.05) is 18.3 Å². The van der Waals surface area contributed by atoms with E-state index in [0.29, 0.717) is 11.2 Å². The molecule has 1 atom stereocenters. The molecule has 2 rings (SSSR count). The minimum Gasteiger partial charge on any atom is -0.361 e. The predicted molar refractivity (Wildman–Crippen MR) is 82.6 cm³/mol. The fourth-order valence-electron chi connectivity index (χ4n) is 2.63. The Morgan fingerprint density at radius 1 is 1.42 bits per heavy atom. The molecule has 2 heterocycles. The standard InChI is InChI=1S/C13H24N2O2S2/c1-3-13(4-2)9-14-12(18-10-13)15-11-6-5-7-19(16,17)8-11/h11H,3-10H2,1-2H3,(H,14,15). The lowest BCUT2D eigenvalue weighted by molar-refractivity contribution is 0.318. The number of amidine groups is 1. The summed E-state index contributed by atoms with van der Waals surface area (Å²) in [5.41, 5.74) is 0.342. The Balaban J connectivity index is 1.93. The van der Waals surface area contributed by atoms with Crippen molar-refractivity contribution in [2.24, 2.45) is 10.4 Å². The quantitative estimate of drug-likeness (QED) is 0.867. The highest BCUT2D eigenvalue weighted by Crippen LogP contribution is 2.35. The number of aliphatic imine (C=N–C) groups is 1. The summed E-state index contributed by atoms with van der Waals surface area (Å²) < 4.78 is 23.2. The normalized spacial score (nSPS) is 29.6. The van der Waals surface area contributed by atoms with Crippen LogP contribution in [0.1, 0.15) is 39.5 Å². The topological polar surface area (TPSA) is 58.5 Å². The molecule has 4 nitrogen and oxygen atoms in total. The summed E-state index contributed by atoms with van der Waals surface area (Å²) in [6, 6.07) is 0.0563. The molecule has 1 unspecified atom stereocenters. The molecule has 1 N–H and O–H groups in total. The Kier molecular flexibility index (Phi) is 4.82. The van der Waals surface area contributed by atoms with Crippen molar-refractivity contribution in [3.05, 3.63) is 0 Å². The molecule has 19 heavy (non-hydrogen) atoms. The van der Waals surface area contributed by atoms with Gasteiger partial charge in [0.15, 0.2) is 15.0 Å². The summed E-state index contributed by atoms with van der Waals surface area (Å²) in [5, 5.41) is 4.28. The molecule has 6 heteroatoms. The summed E-state index contributed by atoms with van der Waals surface area (Å²) in [6.45, 7) is 5.33. The average Bonchev–Trinajstić information content (AvgIpc) is 2.39. The summed E-state index contributed by atoms with van der Waals surface area (Å²) in [7, 11) is -2.84. The number of hydrogen-bond donors (Lipinski definition) is 1. The summed E-state index contributed by atoms with van der Waals surface area (Å²) >= 11 is 1.76. The lowest BCUT2D eigenvalue weighted by Crippen LogP contribution is -2.44. The zero-order chi connectivity index (χ0) is 13.9. The molecule has 0 aromatic carbocycles. The zero-order valence-electron chi connectivity index (χ0n) is 11.8. The second kappa shape index (κ2) is 6.04. The fourth-order valence-corrected chi connectivity index (χ4v) is 5.61. The molecule has 0 saturated carbocycles. The van der Waals surface area contributed by atoms with Gasteiger partial charge >= 0.3 is 0 Å². The maximum atomic E-state index is 11.6. The van der Waals surface area contributed by atoms with Gasteiger partial charge in [-0.15, -0.1) is 0 Å². The van der Waals surface area contributed by atoms with Crippen molar-refractivity contribution in [1.29, 1.82) is 0 Å². The third kappa shape index (κ3) is 3.88. The maximum Gasteiger partial charge on any atom is 0.156 e. The van der Waals surface area contributed by atoms with Gasteiger partial charge in [-0.1, -0.05) is 25.6 Å². The molecule has 0 aliphatic carbocycles. The first kappa shape index (κ1) is 15.2. The average molecular weight is 304 g/mol. The molecule has 0 amide bonds. The minimum atomic E-state index is -2.84. The summed E-state index contributed by atoms with van der Waals surface area (Å²) in [6.07, 6.45) is 4.02. The smallest absolute Gasteiger partial charge is 0.156 e. The number of nitrogens with zero attached hydrogens (tertiary/aromatic N) is 1. The molecule has 1 saturated heterocycles. The van der Waals surface area contributed by atoms with Gasteiger partial charge in [-0.2, -0.15) is 0 Å². The number of nitrogens with one attached hydrogen (secondary N) is 1. The van der Waals surface area contributed by atoms with Gasteiger partial charge in [-0.25, -0.2) is 8.42 Å². The van der Waals surface area contributed by atoms with Gasteiger partial charge in [0.05, 0.1) is 11.5 Å². The van der Waals surface area contributed by atoms with Crippen molar-refractivity contribution < 1.29 is 8.42 Å². The van der Waals surface area contributed by atoms with E-state index in [1.807, 2.05) is 0 Å². The number of sulfone groups is 1. The van der Waals surface area contributed by atoms with E-state index in [-0.39, 0.29) is 11.8 Å². The molecule has 0 radical (unpaired) electrons. The van der Waals surface area contributed by atoms with Crippen molar-refractivity contribution in [2.45, 2.75) is 45.6 Å². The lowest BCUT2D eigenvalue weighted by atomic mass is 9.84. The van der Waals surface area contributed by atoms with E-state index in [9.17, 15) is 8.42 Å². The van der Waals surface area contributed by atoms with Crippen LogP contribution < -0.4 is 5.32 Å². The maximum absolute atomic E-state index is 11.6. The molecule has 0 spiro atoms. The Labute approximate surface area is 120 Å². The van der Waals surface area contributed by atoms with Crippen LogP contribution in [0.15, 0.2) is 4.99 Å². The fraction of sp³-hybridized carbons (Fsp3) is 0.923. The summed E-state index contributed by atoms with van der Waals surface area (Å²) in [5.74, 6) is 1.70. The molecular formula is C13H24N2O2S2. The Morgan fingerprint density at radius 3 is 2.68 bits per heavy atom. The number of thioether (sulfide) groups is 1. The van der Waals surface area contributed by atoms with Gasteiger partial charge in [0.25, 0.3) is 0 Å². The molecule has 0 bridgehead atoms. The Bertz CT molecular complexity index is 442. The van der Waals surface area contributed by atoms with E-state index in [0.717, 1.165) is 43.1 Å². The highest BCUT2D eigenvalue weighted by Gasteiger charge is 2.31. The third-order valence-corrected chi connectivity index (χ3v) is 7.46. The second-order valence-corrected chi connectivity index (χ2v) is 8.91. The highest BCUT2D eigenvalue weighted by atomic mass is 32.2. The van der Waals surface area contributed by atoms with Crippen molar-refractivity contribution >= 4 is 26.8 Å². The molecule has 1 fully saturated rings. The van der Waals surface area contributed by atoms with Crippen LogP contribution in [0.25, 0.3) is 0 Å². The van der Waals surface area contributed by atoms with Crippen LogP contribution >= 0.6 is 11.8 Å². The largest absolute Gasteiger partial charge is 0.361 e. The van der Waals surface area contributed by atoms with Crippen molar-refractivity contribution in [1.82, 2.24) is 5.32 Å². The van der Waals surface area contributed by atoms with Crippen molar-refractivity contribution in [3.8, 4) is 0 Å². The van der Waals surface area contributed by atoms with Crippen LogP contribution in [-0.2, 0) is 9.84 Å². The van der Waals surface area contributed by atoms with Crippen LogP contribution in [0.2, 0.25) is 0 Å². The molecule has 0 aromatic heterocycles. The van der Waals surface area contributed by atoms with Gasteiger partial charge in [0.2, 0.25) is 0 Å². The molecule has 2 aliphatic heterocycles. The first-order chi connectivity index (χ1) is 8.99. The van der Waals surface area contributed by atoms with Gasteiger partial charge in [0.1, 0.15) is 0 Å². The summed E-state index contributed by atoms with van der Waals surface area (Å²) in [4.78, 5) is 4.64. The number of rotatable bonds is 3. The molecule has 2 aliphatic rings. The van der Waals surface area contributed by atoms with Gasteiger partial charge in [-0.3, -0.25) is 4.99 Å². The van der Waals surface area contributed by atoms with Crippen LogP contribution in [0.5, 0.6) is 0 Å². The van der Waals surface area contributed by atoms with E-state index in [2.05, 4.69) is 24.2 Å². The Hall–Kier alpha value is -0.230. The van der Waals surface area contributed by atoms with Crippen LogP contribution in [0.3, 0.4) is 0 Å². The van der Waals surface area contributed by atoms with Crippen LogP contribution in [0.4, 0.5) is 0 Å². The van der Waals surface area contributed by atoms with E-state index >= 15 is 0 Å². The minimum absolute atomic E-state index is 0.0563. The molecular weight excluding hydrogens is 280 g/mol. The first-order valence-electron chi connectivity index (χ1n) is 7.13. The Morgan fingerprint density at radius 2 is 2.16 bits per heavy atom. The molecule has 110 valence electrons. The third-order valence-electron chi connectivity index (χ3n) is 4.36. The predicted octanol–water partition coefficient (Wildman–Crippen LogP) is 2.06. The van der Waals surface area contributed by atoms with E-state index in [1.165, 1.54) is 0 Å². The van der Waals surface area contributed by atoms with Crippen molar-refractivity contribution in [2.75, 3.05) is 23.8 Å². The van der Waals surface area contributed by atoms with Gasteiger partial charge in [-0.05, 0) is 31.1 Å². The lowest BCUT2D eigenvalue weighted by Gasteiger charge is -2.34. The van der Waals surface area contributed by atoms with Crippen LogP contribution in [0, 0.1) is 5.41 Å². The van der Waals surface area contributed by atoms with Crippen LogP contribution in [-0.4, -0.2) is 43.4 Å². The first-order valence-corrected chi connectivity index (χ1v) is 9.93. The van der Waals surface area contributed by atoms with Crippen molar-refractivity contribution in [3.63, 3.8) is 0 Å². The highest BCUT2D eigenvalue weighted by molar-refractivity contribution is 8.13. The zero-order valence-corrected chi connectivity index (χ0v) is 13.4. The van der Waals surface area contributed by atoms with Gasteiger partial charge < -0.3 is 5.32 Å².